The van der Waals surface area contributed by atoms with E-state index in [4.69, 9.17) is 0 Å². The Hall–Kier alpha value is -1.62. The Morgan fingerprint density at radius 3 is 2.80 bits per heavy atom. The summed E-state index contributed by atoms with van der Waals surface area (Å²) in [6.07, 6.45) is 0.248. The number of aliphatic imine (C=N–C) groups is 1. The molecular formula is C15H16N2O2S. The number of β-lactam (4-membered cyclic amide) rings is 1. The van der Waals surface area contributed by atoms with Crippen molar-refractivity contribution < 1.29 is 9.59 Å². The van der Waals surface area contributed by atoms with Crippen molar-refractivity contribution in [1.29, 1.82) is 0 Å². The molecular weight excluding hydrogens is 272 g/mol. The molecule has 1 aromatic rings. The van der Waals surface area contributed by atoms with Crippen LogP contribution in [0.2, 0.25) is 0 Å². The molecule has 0 N–H and O–H groups in total. The molecule has 20 heavy (non-hydrogen) atoms. The van der Waals surface area contributed by atoms with Gasteiger partial charge in [-0.15, -0.1) is 11.8 Å². The molecule has 0 spiro atoms. The maximum Gasteiger partial charge on any atom is 0.272 e. The van der Waals surface area contributed by atoms with E-state index in [0.29, 0.717) is 5.71 Å². The Morgan fingerprint density at radius 2 is 2.10 bits per heavy atom. The highest BCUT2D eigenvalue weighted by Crippen LogP contribution is 2.44. The van der Waals surface area contributed by atoms with Gasteiger partial charge < -0.3 is 4.90 Å². The van der Waals surface area contributed by atoms with Crippen LogP contribution in [-0.4, -0.2) is 39.1 Å². The number of hydrogen-bond acceptors (Lipinski definition) is 3. The van der Waals surface area contributed by atoms with Crippen molar-refractivity contribution in [2.75, 3.05) is 6.54 Å². The first-order chi connectivity index (χ1) is 9.46. The molecule has 1 atom stereocenters. The summed E-state index contributed by atoms with van der Waals surface area (Å²) in [5.74, 6) is -0.334. The van der Waals surface area contributed by atoms with Gasteiger partial charge in [-0.25, -0.2) is 4.99 Å². The van der Waals surface area contributed by atoms with E-state index in [1.165, 1.54) is 0 Å². The molecule has 1 unspecified atom stereocenters. The van der Waals surface area contributed by atoms with Crippen LogP contribution in [-0.2, 0) is 16.0 Å². The van der Waals surface area contributed by atoms with Gasteiger partial charge in [0.1, 0.15) is 11.1 Å². The first-order valence-electron chi connectivity index (χ1n) is 6.60. The van der Waals surface area contributed by atoms with Crippen LogP contribution < -0.4 is 0 Å². The van der Waals surface area contributed by atoms with Crippen molar-refractivity contribution in [2.24, 2.45) is 4.99 Å². The molecule has 0 aromatic heterocycles. The molecule has 1 aromatic carbocycles. The average molecular weight is 288 g/mol. The van der Waals surface area contributed by atoms with Crippen LogP contribution in [0.5, 0.6) is 0 Å². The fraction of sp³-hybridized carbons (Fsp3) is 0.400. The van der Waals surface area contributed by atoms with Gasteiger partial charge in [0.05, 0.1) is 6.42 Å². The van der Waals surface area contributed by atoms with Crippen LogP contribution in [0.1, 0.15) is 19.4 Å². The van der Waals surface area contributed by atoms with Gasteiger partial charge in [-0.2, -0.15) is 0 Å². The summed E-state index contributed by atoms with van der Waals surface area (Å²) >= 11 is 1.70. The summed E-state index contributed by atoms with van der Waals surface area (Å²) in [6.45, 7) is 4.94. The van der Waals surface area contributed by atoms with E-state index in [0.717, 1.165) is 12.1 Å². The smallest absolute Gasteiger partial charge is 0.272 e. The van der Waals surface area contributed by atoms with E-state index >= 15 is 0 Å². The van der Waals surface area contributed by atoms with E-state index in [2.05, 4.69) is 18.8 Å². The van der Waals surface area contributed by atoms with Crippen LogP contribution in [0.15, 0.2) is 35.3 Å². The van der Waals surface area contributed by atoms with Crippen LogP contribution in [0.4, 0.5) is 0 Å². The molecule has 0 saturated carbocycles. The molecule has 2 heterocycles. The number of benzene rings is 1. The fourth-order valence-electron chi connectivity index (χ4n) is 2.51. The molecule has 2 saturated heterocycles. The SMILES string of the molecule is CC1(C)CN2C(=O)C(=NC(=O)Cc3ccccc3)C2S1. The zero-order valence-electron chi connectivity index (χ0n) is 11.5. The molecule has 2 fully saturated rings. The minimum atomic E-state index is -0.246. The summed E-state index contributed by atoms with van der Waals surface area (Å²) in [5, 5.41) is -0.0303. The van der Waals surface area contributed by atoms with E-state index in [9.17, 15) is 9.59 Å². The van der Waals surface area contributed by atoms with Crippen molar-refractivity contribution in [3.63, 3.8) is 0 Å². The number of carbonyl (C=O) groups excluding carboxylic acids is 2. The van der Waals surface area contributed by atoms with Crippen molar-refractivity contribution in [1.82, 2.24) is 4.90 Å². The van der Waals surface area contributed by atoms with Gasteiger partial charge in [-0.05, 0) is 19.4 Å². The number of fused-ring (bicyclic) bond motifs is 1. The zero-order valence-corrected chi connectivity index (χ0v) is 12.3. The van der Waals surface area contributed by atoms with Crippen molar-refractivity contribution in [3.05, 3.63) is 35.9 Å². The molecule has 104 valence electrons. The molecule has 2 aliphatic heterocycles. The molecule has 2 amide bonds. The lowest BCUT2D eigenvalue weighted by atomic mass is 10.1. The van der Waals surface area contributed by atoms with Crippen LogP contribution in [0.3, 0.4) is 0 Å². The lowest BCUT2D eigenvalue weighted by molar-refractivity contribution is -0.128. The van der Waals surface area contributed by atoms with E-state index in [1.54, 1.807) is 16.7 Å². The normalized spacial score (nSPS) is 25.5. The number of carbonyl (C=O) groups is 2. The lowest BCUT2D eigenvalue weighted by Gasteiger charge is -2.34. The second-order valence-corrected chi connectivity index (χ2v) is 7.50. The molecule has 0 aliphatic carbocycles. The third-order valence-corrected chi connectivity index (χ3v) is 4.89. The number of amides is 2. The van der Waals surface area contributed by atoms with Gasteiger partial charge in [-0.1, -0.05) is 30.3 Å². The number of nitrogens with zero attached hydrogens (tertiary/aromatic N) is 2. The highest BCUT2D eigenvalue weighted by molar-refractivity contribution is 8.02. The highest BCUT2D eigenvalue weighted by Gasteiger charge is 2.53. The van der Waals surface area contributed by atoms with Gasteiger partial charge >= 0.3 is 0 Å². The summed E-state index contributed by atoms with van der Waals surface area (Å²) in [6, 6.07) is 9.47. The average Bonchev–Trinajstić information content (AvgIpc) is 2.70. The molecule has 4 nitrogen and oxygen atoms in total. The number of thioether (sulfide) groups is 1. The molecule has 2 aliphatic rings. The van der Waals surface area contributed by atoms with E-state index < -0.39 is 0 Å². The topological polar surface area (TPSA) is 49.7 Å². The van der Waals surface area contributed by atoms with Crippen molar-refractivity contribution in [3.8, 4) is 0 Å². The van der Waals surface area contributed by atoms with Crippen LogP contribution >= 0.6 is 11.8 Å². The molecule has 0 radical (unpaired) electrons. The first kappa shape index (κ1) is 13.4. The summed E-state index contributed by atoms with van der Waals surface area (Å²) in [4.78, 5) is 29.7. The molecule has 3 rings (SSSR count). The maximum atomic E-state index is 11.9. The Labute approximate surface area is 122 Å². The van der Waals surface area contributed by atoms with E-state index in [-0.39, 0.29) is 28.4 Å². The third kappa shape index (κ3) is 2.38. The van der Waals surface area contributed by atoms with Gasteiger partial charge in [0, 0.05) is 11.3 Å². The second kappa shape index (κ2) is 4.74. The quantitative estimate of drug-likeness (QED) is 0.781. The Balaban J connectivity index is 1.71. The highest BCUT2D eigenvalue weighted by atomic mass is 32.2. The molecule has 5 heteroatoms. The third-order valence-electron chi connectivity index (χ3n) is 3.42. The van der Waals surface area contributed by atoms with Gasteiger partial charge in [0.25, 0.3) is 11.8 Å². The first-order valence-corrected chi connectivity index (χ1v) is 7.48. The van der Waals surface area contributed by atoms with Gasteiger partial charge in [0.2, 0.25) is 0 Å². The van der Waals surface area contributed by atoms with Gasteiger partial charge in [0.15, 0.2) is 0 Å². The Morgan fingerprint density at radius 1 is 1.40 bits per heavy atom. The number of hydrogen-bond donors (Lipinski definition) is 0. The van der Waals surface area contributed by atoms with Gasteiger partial charge in [-0.3, -0.25) is 9.59 Å². The monoisotopic (exact) mass is 288 g/mol. The van der Waals surface area contributed by atoms with Crippen molar-refractivity contribution in [2.45, 2.75) is 30.4 Å². The second-order valence-electron chi connectivity index (χ2n) is 5.72. The van der Waals surface area contributed by atoms with E-state index in [1.807, 2.05) is 30.3 Å². The predicted molar refractivity (Wildman–Crippen MR) is 79.8 cm³/mol. The Kier molecular flexibility index (Phi) is 3.17. The predicted octanol–water partition coefficient (Wildman–Crippen LogP) is 1.89. The Bertz CT molecular complexity index is 595. The minimum Gasteiger partial charge on any atom is -0.318 e. The standard InChI is InChI=1S/C15H16N2O2S/c1-15(2)9-17-13(19)12(14(17)20-15)16-11(18)8-10-6-4-3-5-7-10/h3-7,14H,8-9H2,1-2H3. The fourth-order valence-corrected chi connectivity index (χ4v) is 3.89. The number of rotatable bonds is 2. The largest absolute Gasteiger partial charge is 0.318 e. The summed E-state index contributed by atoms with van der Waals surface area (Å²) in [5.41, 5.74) is 1.34. The summed E-state index contributed by atoms with van der Waals surface area (Å²) in [7, 11) is 0. The van der Waals surface area contributed by atoms with Crippen LogP contribution in [0, 0.1) is 0 Å². The minimum absolute atomic E-state index is 0.0303. The summed E-state index contributed by atoms with van der Waals surface area (Å²) < 4.78 is 0.0417. The zero-order chi connectivity index (χ0) is 14.3. The lowest BCUT2D eigenvalue weighted by Crippen LogP contribution is -2.57. The van der Waals surface area contributed by atoms with Crippen LogP contribution in [0.25, 0.3) is 0 Å². The van der Waals surface area contributed by atoms with Crippen molar-refractivity contribution >= 4 is 29.3 Å². The maximum absolute atomic E-state index is 11.9. The molecule has 0 bridgehead atoms.